The van der Waals surface area contributed by atoms with Gasteiger partial charge in [-0.15, -0.1) is 0 Å². The number of nitrogens with two attached hydrogens (primary N) is 1. The number of nitrogens with zero attached hydrogens (tertiary/aromatic N) is 1. The van der Waals surface area contributed by atoms with Gasteiger partial charge in [0.2, 0.25) is 11.8 Å². The van der Waals surface area contributed by atoms with E-state index in [1.807, 2.05) is 42.5 Å². The molecule has 6 heteroatoms. The van der Waals surface area contributed by atoms with Crippen LogP contribution in [-0.4, -0.2) is 41.6 Å². The molecule has 2 saturated heterocycles. The normalized spacial score (nSPS) is 26.4. The molecule has 3 atom stereocenters. The van der Waals surface area contributed by atoms with Crippen LogP contribution >= 0.6 is 0 Å². The number of hydrogen-bond donors (Lipinski definition) is 2. The van der Waals surface area contributed by atoms with Gasteiger partial charge in [0.05, 0.1) is 12.6 Å². The third kappa shape index (κ3) is 2.88. The van der Waals surface area contributed by atoms with Crippen LogP contribution in [0.4, 0.5) is 5.69 Å². The second-order valence-corrected chi connectivity index (χ2v) is 6.58. The Balaban J connectivity index is 1.59. The van der Waals surface area contributed by atoms with Gasteiger partial charge < -0.3 is 20.7 Å². The van der Waals surface area contributed by atoms with E-state index < -0.39 is 12.1 Å². The maximum atomic E-state index is 12.9. The Morgan fingerprint density at radius 1 is 1.12 bits per heavy atom. The molecule has 25 heavy (non-hydrogen) atoms. The summed E-state index contributed by atoms with van der Waals surface area (Å²) in [5.74, 6) is -0.386. The Kier molecular flexibility index (Phi) is 4.15. The second kappa shape index (κ2) is 6.46. The van der Waals surface area contributed by atoms with Gasteiger partial charge in [-0.3, -0.25) is 9.59 Å². The molecular formula is C19H21N3O3. The molecule has 1 unspecified atom stereocenters. The molecule has 0 bridgehead atoms. The van der Waals surface area contributed by atoms with Crippen LogP contribution in [0.25, 0.3) is 10.8 Å². The van der Waals surface area contributed by atoms with Gasteiger partial charge in [-0.25, -0.2) is 0 Å². The van der Waals surface area contributed by atoms with Crippen molar-refractivity contribution in [2.45, 2.75) is 37.6 Å². The quantitative estimate of drug-likeness (QED) is 0.874. The first-order valence-corrected chi connectivity index (χ1v) is 8.63. The third-order valence-corrected chi connectivity index (χ3v) is 4.99. The SMILES string of the molecule is N[C@H]1CCO[C@H]2CCC(C(=O)Nc3cccc4ccccc34)N2C1=O. The van der Waals surface area contributed by atoms with Crippen molar-refractivity contribution in [3.63, 3.8) is 0 Å². The summed E-state index contributed by atoms with van der Waals surface area (Å²) in [6.07, 6.45) is 1.39. The summed E-state index contributed by atoms with van der Waals surface area (Å²) in [6, 6.07) is 12.5. The first-order chi connectivity index (χ1) is 12.1. The van der Waals surface area contributed by atoms with E-state index in [1.54, 1.807) is 0 Å². The van der Waals surface area contributed by atoms with Crippen LogP contribution in [0, 0.1) is 0 Å². The van der Waals surface area contributed by atoms with Crippen molar-refractivity contribution in [2.24, 2.45) is 5.73 Å². The predicted molar refractivity (Wildman–Crippen MR) is 94.8 cm³/mol. The molecule has 3 N–H and O–H groups in total. The van der Waals surface area contributed by atoms with Crippen molar-refractivity contribution >= 4 is 28.3 Å². The Labute approximate surface area is 145 Å². The van der Waals surface area contributed by atoms with Gasteiger partial charge >= 0.3 is 0 Å². The van der Waals surface area contributed by atoms with Crippen LogP contribution in [-0.2, 0) is 14.3 Å². The van der Waals surface area contributed by atoms with Crippen LogP contribution in [0.3, 0.4) is 0 Å². The fourth-order valence-electron chi connectivity index (χ4n) is 3.69. The highest BCUT2D eigenvalue weighted by molar-refractivity contribution is 6.05. The fraction of sp³-hybridized carbons (Fsp3) is 0.368. The van der Waals surface area contributed by atoms with E-state index in [9.17, 15) is 9.59 Å². The second-order valence-electron chi connectivity index (χ2n) is 6.58. The number of anilines is 1. The van der Waals surface area contributed by atoms with Crippen LogP contribution in [0.1, 0.15) is 19.3 Å². The highest BCUT2D eigenvalue weighted by Crippen LogP contribution is 2.30. The zero-order valence-electron chi connectivity index (χ0n) is 13.9. The van der Waals surface area contributed by atoms with Crippen molar-refractivity contribution in [3.8, 4) is 0 Å². The lowest BCUT2D eigenvalue weighted by atomic mass is 10.1. The average molecular weight is 339 g/mol. The minimum Gasteiger partial charge on any atom is -0.358 e. The molecule has 2 amide bonds. The van der Waals surface area contributed by atoms with Gasteiger partial charge in [-0.1, -0.05) is 36.4 Å². The fourth-order valence-corrected chi connectivity index (χ4v) is 3.69. The number of fused-ring (bicyclic) bond motifs is 2. The highest BCUT2D eigenvalue weighted by atomic mass is 16.5. The van der Waals surface area contributed by atoms with E-state index in [-0.39, 0.29) is 18.0 Å². The van der Waals surface area contributed by atoms with Gasteiger partial charge in [0.1, 0.15) is 12.3 Å². The molecule has 2 aromatic rings. The van der Waals surface area contributed by atoms with Gasteiger partial charge in [0.25, 0.3) is 0 Å². The predicted octanol–water partition coefficient (Wildman–Crippen LogP) is 1.84. The minimum atomic E-state index is -0.601. The standard InChI is InChI=1S/C19H21N3O3/c20-14-10-11-25-17-9-8-16(22(17)19(14)24)18(23)21-15-7-3-5-12-4-1-2-6-13(12)15/h1-7,14,16-17H,8-11,20H2,(H,21,23)/t14-,16?,17-/m0/s1. The number of benzene rings is 2. The lowest BCUT2D eigenvalue weighted by Gasteiger charge is -2.28. The first kappa shape index (κ1) is 16.1. The molecule has 130 valence electrons. The monoisotopic (exact) mass is 339 g/mol. The molecule has 2 aliphatic heterocycles. The van der Waals surface area contributed by atoms with E-state index in [0.29, 0.717) is 25.9 Å². The van der Waals surface area contributed by atoms with Crippen molar-refractivity contribution in [1.29, 1.82) is 0 Å². The number of ether oxygens (including phenoxy) is 1. The molecule has 4 rings (SSSR count). The summed E-state index contributed by atoms with van der Waals surface area (Å²) in [7, 11) is 0. The van der Waals surface area contributed by atoms with Gasteiger partial charge in [-0.2, -0.15) is 0 Å². The first-order valence-electron chi connectivity index (χ1n) is 8.63. The van der Waals surface area contributed by atoms with E-state index in [0.717, 1.165) is 16.5 Å². The summed E-state index contributed by atoms with van der Waals surface area (Å²) < 4.78 is 5.71. The molecule has 6 nitrogen and oxygen atoms in total. The summed E-state index contributed by atoms with van der Waals surface area (Å²) in [4.78, 5) is 27.0. The van der Waals surface area contributed by atoms with Gasteiger partial charge in [0, 0.05) is 11.1 Å². The van der Waals surface area contributed by atoms with Crippen molar-refractivity contribution in [3.05, 3.63) is 42.5 Å². The topological polar surface area (TPSA) is 84.7 Å². The lowest BCUT2D eigenvalue weighted by molar-refractivity contribution is -0.145. The smallest absolute Gasteiger partial charge is 0.247 e. The molecule has 2 fully saturated rings. The molecule has 0 aromatic heterocycles. The molecule has 0 radical (unpaired) electrons. The molecular weight excluding hydrogens is 318 g/mol. The van der Waals surface area contributed by atoms with Gasteiger partial charge in [0.15, 0.2) is 0 Å². The summed E-state index contributed by atoms with van der Waals surface area (Å²) in [6.45, 7) is 0.450. The van der Waals surface area contributed by atoms with E-state index in [4.69, 9.17) is 10.5 Å². The van der Waals surface area contributed by atoms with E-state index in [2.05, 4.69) is 5.32 Å². The summed E-state index contributed by atoms with van der Waals surface area (Å²) in [5, 5.41) is 5.02. The Morgan fingerprint density at radius 2 is 1.92 bits per heavy atom. The number of rotatable bonds is 2. The number of nitrogens with one attached hydrogen (secondary N) is 1. The third-order valence-electron chi connectivity index (χ3n) is 4.99. The number of carbonyl (C=O) groups excluding carboxylic acids is 2. The van der Waals surface area contributed by atoms with E-state index >= 15 is 0 Å². The summed E-state index contributed by atoms with van der Waals surface area (Å²) >= 11 is 0. The Hall–Kier alpha value is -2.44. The number of carbonyl (C=O) groups is 2. The van der Waals surface area contributed by atoms with E-state index in [1.165, 1.54) is 4.90 Å². The highest BCUT2D eigenvalue weighted by Gasteiger charge is 2.44. The average Bonchev–Trinajstić information content (AvgIpc) is 2.99. The minimum absolute atomic E-state index is 0.190. The van der Waals surface area contributed by atoms with Gasteiger partial charge in [-0.05, 0) is 30.7 Å². The molecule has 0 aliphatic carbocycles. The molecule has 0 saturated carbocycles. The molecule has 2 aromatic carbocycles. The Morgan fingerprint density at radius 3 is 2.80 bits per heavy atom. The number of hydrogen-bond acceptors (Lipinski definition) is 4. The lowest BCUT2D eigenvalue weighted by Crippen LogP contribution is -2.51. The van der Waals surface area contributed by atoms with Crippen molar-refractivity contribution in [1.82, 2.24) is 4.90 Å². The van der Waals surface area contributed by atoms with Crippen LogP contribution < -0.4 is 11.1 Å². The maximum absolute atomic E-state index is 12.9. The van der Waals surface area contributed by atoms with Crippen LogP contribution in [0.5, 0.6) is 0 Å². The number of amides is 2. The largest absolute Gasteiger partial charge is 0.358 e. The zero-order valence-corrected chi connectivity index (χ0v) is 13.9. The van der Waals surface area contributed by atoms with Crippen molar-refractivity contribution in [2.75, 3.05) is 11.9 Å². The zero-order chi connectivity index (χ0) is 17.4. The maximum Gasteiger partial charge on any atom is 0.247 e. The van der Waals surface area contributed by atoms with Crippen LogP contribution in [0.2, 0.25) is 0 Å². The summed E-state index contributed by atoms with van der Waals surface area (Å²) in [5.41, 5.74) is 6.67. The molecule has 2 heterocycles. The molecule has 0 spiro atoms. The Bertz CT molecular complexity index is 817. The molecule has 2 aliphatic rings. The van der Waals surface area contributed by atoms with Crippen molar-refractivity contribution < 1.29 is 14.3 Å². The van der Waals surface area contributed by atoms with Crippen LogP contribution in [0.15, 0.2) is 42.5 Å².